The van der Waals surface area contributed by atoms with Crippen molar-refractivity contribution in [1.82, 2.24) is 0 Å². The minimum atomic E-state index is -4.78. The van der Waals surface area contributed by atoms with Gasteiger partial charge in [-0.3, -0.25) is 4.79 Å². The molecule has 1 aromatic carbocycles. The molecule has 2 bridgehead atoms. The van der Waals surface area contributed by atoms with Gasteiger partial charge in [0, 0.05) is 11.5 Å². The summed E-state index contributed by atoms with van der Waals surface area (Å²) in [5.41, 5.74) is 5.04. The smallest absolute Gasteiger partial charge is 0.460 e. The van der Waals surface area contributed by atoms with Gasteiger partial charge in [0.1, 0.15) is 11.4 Å². The molecule has 0 radical (unpaired) electrons. The fraction of sp³-hybridized carbons (Fsp3) is 0.650. The van der Waals surface area contributed by atoms with Crippen molar-refractivity contribution >= 4 is 5.97 Å². The van der Waals surface area contributed by atoms with Crippen LogP contribution in [0.15, 0.2) is 24.3 Å². The number of alkyl halides is 3. The minimum Gasteiger partial charge on any atom is -0.460 e. The van der Waals surface area contributed by atoms with E-state index in [1.54, 1.807) is 12.1 Å². The maximum absolute atomic E-state index is 12.9. The monoisotopic (exact) mass is 385 g/mol. The molecule has 4 rings (SSSR count). The highest BCUT2D eigenvalue weighted by Crippen LogP contribution is 2.59. The molecule has 0 amide bonds. The van der Waals surface area contributed by atoms with Gasteiger partial charge in [0.05, 0.1) is 5.41 Å². The van der Waals surface area contributed by atoms with Gasteiger partial charge in [0.15, 0.2) is 0 Å². The molecule has 3 fully saturated rings. The van der Waals surface area contributed by atoms with Crippen LogP contribution in [-0.2, 0) is 9.53 Å². The SMILES string of the molecule is CC(C)(C)OC(=O)C12CCC(N)(CC1)C(c1ccccc1OC(F)(F)F)C2. The number of carbonyl (C=O) groups excluding carboxylic acids is 1. The van der Waals surface area contributed by atoms with Crippen LogP contribution in [0.2, 0.25) is 0 Å². The summed E-state index contributed by atoms with van der Waals surface area (Å²) in [6.07, 6.45) is -2.09. The first-order chi connectivity index (χ1) is 12.3. The Bertz CT molecular complexity index is 716. The molecule has 1 unspecified atom stereocenters. The molecule has 0 heterocycles. The van der Waals surface area contributed by atoms with E-state index in [0.717, 1.165) is 0 Å². The standard InChI is InChI=1S/C20H26F3NO3/c1-17(2,3)27-16(25)18-8-10-19(24,11-9-18)14(12-18)13-6-4-5-7-15(13)26-20(21,22)23/h4-7,14H,8-12,24H2,1-3H3. The Kier molecular flexibility index (Phi) is 4.74. The van der Waals surface area contributed by atoms with Crippen LogP contribution in [0.4, 0.5) is 13.2 Å². The van der Waals surface area contributed by atoms with Crippen LogP contribution in [0.5, 0.6) is 5.75 Å². The van der Waals surface area contributed by atoms with Gasteiger partial charge in [-0.25, -0.2) is 0 Å². The van der Waals surface area contributed by atoms with Crippen molar-refractivity contribution in [1.29, 1.82) is 0 Å². The first-order valence-electron chi connectivity index (χ1n) is 9.21. The first kappa shape index (κ1) is 20.0. The molecular formula is C20H26F3NO3. The number of nitrogens with two attached hydrogens (primary N) is 1. The summed E-state index contributed by atoms with van der Waals surface area (Å²) in [6.45, 7) is 5.43. The molecule has 2 N–H and O–H groups in total. The Balaban J connectivity index is 1.94. The number of hydrogen-bond donors (Lipinski definition) is 1. The average molecular weight is 385 g/mol. The van der Waals surface area contributed by atoms with E-state index in [-0.39, 0.29) is 11.7 Å². The van der Waals surface area contributed by atoms with Gasteiger partial charge < -0.3 is 15.2 Å². The molecule has 4 nitrogen and oxygen atoms in total. The van der Waals surface area contributed by atoms with E-state index >= 15 is 0 Å². The Morgan fingerprint density at radius 2 is 1.70 bits per heavy atom. The van der Waals surface area contributed by atoms with Crippen LogP contribution < -0.4 is 10.5 Å². The maximum atomic E-state index is 12.9. The highest BCUT2D eigenvalue weighted by atomic mass is 19.4. The van der Waals surface area contributed by atoms with Crippen LogP contribution in [0.25, 0.3) is 0 Å². The van der Waals surface area contributed by atoms with Crippen LogP contribution in [-0.4, -0.2) is 23.5 Å². The maximum Gasteiger partial charge on any atom is 0.573 e. The Hall–Kier alpha value is -1.76. The van der Waals surface area contributed by atoms with E-state index in [1.807, 2.05) is 20.8 Å². The van der Waals surface area contributed by atoms with Crippen LogP contribution in [0.1, 0.15) is 64.4 Å². The van der Waals surface area contributed by atoms with Crippen molar-refractivity contribution in [3.63, 3.8) is 0 Å². The van der Waals surface area contributed by atoms with E-state index in [0.29, 0.717) is 37.7 Å². The number of carbonyl (C=O) groups is 1. The van der Waals surface area contributed by atoms with Crippen molar-refractivity contribution < 1.29 is 27.4 Å². The largest absolute Gasteiger partial charge is 0.573 e. The molecule has 27 heavy (non-hydrogen) atoms. The van der Waals surface area contributed by atoms with Crippen LogP contribution >= 0.6 is 0 Å². The molecule has 0 aliphatic heterocycles. The number of esters is 1. The number of ether oxygens (including phenoxy) is 2. The van der Waals surface area contributed by atoms with Gasteiger partial charge in [0.25, 0.3) is 0 Å². The first-order valence-corrected chi connectivity index (χ1v) is 9.21. The fourth-order valence-electron chi connectivity index (χ4n) is 4.42. The lowest BCUT2D eigenvalue weighted by Gasteiger charge is -2.55. The third-order valence-corrected chi connectivity index (χ3v) is 5.78. The van der Waals surface area contributed by atoms with E-state index in [4.69, 9.17) is 10.5 Å². The molecule has 150 valence electrons. The zero-order valence-electron chi connectivity index (χ0n) is 15.9. The van der Waals surface area contributed by atoms with Crippen molar-refractivity contribution in [2.45, 2.75) is 76.3 Å². The third-order valence-electron chi connectivity index (χ3n) is 5.78. The molecule has 7 heteroatoms. The van der Waals surface area contributed by atoms with Gasteiger partial charge in [0.2, 0.25) is 0 Å². The molecule has 1 aromatic rings. The lowest BCUT2D eigenvalue weighted by atomic mass is 9.51. The number of rotatable bonds is 3. The van der Waals surface area contributed by atoms with Gasteiger partial charge in [-0.2, -0.15) is 0 Å². The predicted octanol–water partition coefficient (Wildman–Crippen LogP) is 4.67. The Morgan fingerprint density at radius 3 is 2.26 bits per heavy atom. The zero-order valence-corrected chi connectivity index (χ0v) is 15.9. The second kappa shape index (κ2) is 6.40. The summed E-state index contributed by atoms with van der Waals surface area (Å²) in [4.78, 5) is 12.9. The number of hydrogen-bond acceptors (Lipinski definition) is 4. The average Bonchev–Trinajstić information content (AvgIpc) is 2.53. The Morgan fingerprint density at radius 1 is 1.11 bits per heavy atom. The molecular weight excluding hydrogens is 359 g/mol. The highest BCUT2D eigenvalue weighted by Gasteiger charge is 2.58. The summed E-state index contributed by atoms with van der Waals surface area (Å²) >= 11 is 0. The van der Waals surface area contributed by atoms with E-state index in [2.05, 4.69) is 4.74 Å². The molecule has 3 saturated carbocycles. The fourth-order valence-corrected chi connectivity index (χ4v) is 4.42. The number of benzene rings is 1. The summed E-state index contributed by atoms with van der Waals surface area (Å²) < 4.78 is 48.4. The third kappa shape index (κ3) is 4.08. The second-order valence-corrected chi connectivity index (χ2v) is 8.86. The van der Waals surface area contributed by atoms with Gasteiger partial charge in [-0.1, -0.05) is 18.2 Å². The zero-order chi connectivity index (χ0) is 20.1. The summed E-state index contributed by atoms with van der Waals surface area (Å²) in [7, 11) is 0. The van der Waals surface area contributed by atoms with Gasteiger partial charge in [-0.05, 0) is 64.5 Å². The molecule has 0 aromatic heterocycles. The van der Waals surface area contributed by atoms with Gasteiger partial charge in [-0.15, -0.1) is 13.2 Å². The second-order valence-electron chi connectivity index (χ2n) is 8.86. The predicted molar refractivity (Wildman–Crippen MR) is 94.1 cm³/mol. The number of halogens is 3. The van der Waals surface area contributed by atoms with Crippen molar-refractivity contribution in [3.05, 3.63) is 29.8 Å². The van der Waals surface area contributed by atoms with Crippen LogP contribution in [0.3, 0.4) is 0 Å². The molecule has 3 aliphatic carbocycles. The summed E-state index contributed by atoms with van der Waals surface area (Å²) in [5.74, 6) is -0.922. The minimum absolute atomic E-state index is 0.244. The highest BCUT2D eigenvalue weighted by molar-refractivity contribution is 5.78. The number of para-hydroxylation sites is 1. The summed E-state index contributed by atoms with van der Waals surface area (Å²) in [6, 6.07) is 6.08. The van der Waals surface area contributed by atoms with Crippen molar-refractivity contribution in [3.8, 4) is 5.75 Å². The lowest BCUT2D eigenvalue weighted by molar-refractivity contribution is -0.275. The summed E-state index contributed by atoms with van der Waals surface area (Å²) in [5, 5.41) is 0. The van der Waals surface area contributed by atoms with Crippen molar-refractivity contribution in [2.75, 3.05) is 0 Å². The molecule has 1 atom stereocenters. The molecule has 0 saturated heterocycles. The molecule has 0 spiro atoms. The van der Waals surface area contributed by atoms with Crippen molar-refractivity contribution in [2.24, 2.45) is 11.1 Å². The normalized spacial score (nSPS) is 30.9. The quantitative estimate of drug-likeness (QED) is 0.768. The molecule has 3 aliphatic rings. The lowest BCUT2D eigenvalue weighted by Crippen LogP contribution is -2.59. The topological polar surface area (TPSA) is 61.5 Å². The van der Waals surface area contributed by atoms with Crippen LogP contribution in [0, 0.1) is 5.41 Å². The van der Waals surface area contributed by atoms with E-state index < -0.39 is 28.8 Å². The van der Waals surface area contributed by atoms with E-state index in [1.165, 1.54) is 12.1 Å². The van der Waals surface area contributed by atoms with E-state index in [9.17, 15) is 18.0 Å². The van der Waals surface area contributed by atoms with Gasteiger partial charge >= 0.3 is 12.3 Å². The Labute approximate surface area is 157 Å². The number of fused-ring (bicyclic) bond motifs is 3.